The van der Waals surface area contributed by atoms with Crippen LogP contribution in [0.15, 0.2) is 0 Å². The number of rotatable bonds is 4. The molecule has 0 aromatic rings. The molecule has 2 unspecified atom stereocenters. The van der Waals surface area contributed by atoms with E-state index < -0.39 is 0 Å². The van der Waals surface area contributed by atoms with Crippen LogP contribution in [-0.2, 0) is 4.79 Å². The Hall–Kier alpha value is -0.610. The zero-order valence-electron chi connectivity index (χ0n) is 7.91. The lowest BCUT2D eigenvalue weighted by atomic mass is 10.4. The van der Waals surface area contributed by atoms with Gasteiger partial charge in [0.05, 0.1) is 0 Å². The van der Waals surface area contributed by atoms with Crippen LogP contribution in [0.1, 0.15) is 12.8 Å². The second-order valence-corrected chi connectivity index (χ2v) is 3.96. The number of nitrogens with two attached hydrogens (primary N) is 1. The monoisotopic (exact) mass is 183 g/mol. The predicted molar refractivity (Wildman–Crippen MR) is 50.2 cm³/mol. The summed E-state index contributed by atoms with van der Waals surface area (Å²) in [5.41, 5.74) is 5.18. The van der Waals surface area contributed by atoms with Crippen LogP contribution < -0.4 is 5.73 Å². The van der Waals surface area contributed by atoms with Crippen LogP contribution in [0.3, 0.4) is 0 Å². The standard InChI is InChI=1S/C9H17N3O/c10-9(13)8-7-12(8)6-5-11-3-1-2-4-11/h8H,1-7H2,(H2,10,13). The Morgan fingerprint density at radius 3 is 2.54 bits per heavy atom. The summed E-state index contributed by atoms with van der Waals surface area (Å²) in [6, 6.07) is 0.0441. The average Bonchev–Trinajstić information content (AvgIpc) is 2.70. The first-order valence-electron chi connectivity index (χ1n) is 5.03. The Labute approximate surface area is 78.7 Å². The van der Waals surface area contributed by atoms with Crippen LogP contribution in [0.2, 0.25) is 0 Å². The van der Waals surface area contributed by atoms with Crippen molar-refractivity contribution >= 4 is 5.91 Å². The first kappa shape index (κ1) is 8.97. The van der Waals surface area contributed by atoms with Crippen LogP contribution in [-0.4, -0.2) is 54.5 Å². The summed E-state index contributed by atoms with van der Waals surface area (Å²) in [5, 5.41) is 0. The van der Waals surface area contributed by atoms with Gasteiger partial charge in [-0.2, -0.15) is 0 Å². The second kappa shape index (κ2) is 3.64. The third-order valence-electron chi connectivity index (χ3n) is 2.95. The number of nitrogens with zero attached hydrogens (tertiary/aromatic N) is 2. The maximum Gasteiger partial charge on any atom is 0.236 e. The highest BCUT2D eigenvalue weighted by Crippen LogP contribution is 2.16. The van der Waals surface area contributed by atoms with Crippen LogP contribution >= 0.6 is 0 Å². The van der Waals surface area contributed by atoms with Gasteiger partial charge in [0.2, 0.25) is 5.91 Å². The van der Waals surface area contributed by atoms with Gasteiger partial charge in [-0.05, 0) is 25.9 Å². The van der Waals surface area contributed by atoms with Crippen molar-refractivity contribution in [1.29, 1.82) is 0 Å². The zero-order chi connectivity index (χ0) is 9.26. The first-order valence-corrected chi connectivity index (χ1v) is 5.03. The number of hydrogen-bond donors (Lipinski definition) is 1. The molecule has 2 N–H and O–H groups in total. The third kappa shape index (κ3) is 2.19. The molecule has 13 heavy (non-hydrogen) atoms. The van der Waals surface area contributed by atoms with E-state index in [0.717, 1.165) is 19.6 Å². The summed E-state index contributed by atoms with van der Waals surface area (Å²) in [6.45, 7) is 5.45. The van der Waals surface area contributed by atoms with E-state index >= 15 is 0 Å². The van der Waals surface area contributed by atoms with Crippen molar-refractivity contribution in [3.8, 4) is 0 Å². The average molecular weight is 183 g/mol. The van der Waals surface area contributed by atoms with Gasteiger partial charge in [-0.3, -0.25) is 9.69 Å². The molecule has 2 rings (SSSR count). The van der Waals surface area contributed by atoms with E-state index in [4.69, 9.17) is 5.73 Å². The molecule has 0 spiro atoms. The van der Waals surface area contributed by atoms with E-state index in [-0.39, 0.29) is 11.9 Å². The van der Waals surface area contributed by atoms with Crippen LogP contribution in [0.5, 0.6) is 0 Å². The van der Waals surface area contributed by atoms with Gasteiger partial charge in [0, 0.05) is 19.6 Å². The van der Waals surface area contributed by atoms with E-state index in [1.807, 2.05) is 0 Å². The Kier molecular flexibility index (Phi) is 2.51. The van der Waals surface area contributed by atoms with Gasteiger partial charge in [0.25, 0.3) is 0 Å². The van der Waals surface area contributed by atoms with Gasteiger partial charge >= 0.3 is 0 Å². The Balaban J connectivity index is 1.62. The van der Waals surface area contributed by atoms with Gasteiger partial charge < -0.3 is 10.6 Å². The van der Waals surface area contributed by atoms with Gasteiger partial charge in [-0.15, -0.1) is 0 Å². The Bertz CT molecular complexity index is 201. The molecule has 0 saturated carbocycles. The van der Waals surface area contributed by atoms with Crippen LogP contribution in [0.4, 0.5) is 0 Å². The number of amides is 1. The van der Waals surface area contributed by atoms with Crippen molar-refractivity contribution in [2.45, 2.75) is 18.9 Å². The molecule has 1 amide bonds. The molecule has 0 aromatic carbocycles. The molecular formula is C9H17N3O. The van der Waals surface area contributed by atoms with Crippen LogP contribution in [0.25, 0.3) is 0 Å². The van der Waals surface area contributed by atoms with Crippen molar-refractivity contribution in [3.63, 3.8) is 0 Å². The summed E-state index contributed by atoms with van der Waals surface area (Å²) in [5.74, 6) is -0.165. The van der Waals surface area contributed by atoms with Crippen molar-refractivity contribution in [3.05, 3.63) is 0 Å². The van der Waals surface area contributed by atoms with Gasteiger partial charge in [-0.25, -0.2) is 0 Å². The minimum absolute atomic E-state index is 0.0441. The topological polar surface area (TPSA) is 49.3 Å². The van der Waals surface area contributed by atoms with E-state index in [1.165, 1.54) is 25.9 Å². The summed E-state index contributed by atoms with van der Waals surface area (Å²) < 4.78 is 0. The fourth-order valence-corrected chi connectivity index (χ4v) is 1.97. The lowest BCUT2D eigenvalue weighted by Crippen LogP contribution is -2.28. The largest absolute Gasteiger partial charge is 0.368 e. The Morgan fingerprint density at radius 1 is 1.31 bits per heavy atom. The van der Waals surface area contributed by atoms with Crippen molar-refractivity contribution in [1.82, 2.24) is 9.80 Å². The minimum Gasteiger partial charge on any atom is -0.368 e. The quantitative estimate of drug-likeness (QED) is 0.584. The van der Waals surface area contributed by atoms with Gasteiger partial charge in [0.1, 0.15) is 6.04 Å². The van der Waals surface area contributed by atoms with E-state index in [1.54, 1.807) is 0 Å². The summed E-state index contributed by atoms with van der Waals surface area (Å²) in [4.78, 5) is 15.3. The van der Waals surface area contributed by atoms with Gasteiger partial charge in [-0.1, -0.05) is 0 Å². The van der Waals surface area contributed by atoms with Gasteiger partial charge in [0.15, 0.2) is 0 Å². The van der Waals surface area contributed by atoms with E-state index in [2.05, 4.69) is 9.80 Å². The number of hydrogen-bond acceptors (Lipinski definition) is 3. The molecule has 2 aliphatic rings. The number of carbonyl (C=O) groups is 1. The normalized spacial score (nSPS) is 33.5. The van der Waals surface area contributed by atoms with Crippen molar-refractivity contribution in [2.24, 2.45) is 5.73 Å². The molecule has 2 fully saturated rings. The number of likely N-dealkylation sites (tertiary alicyclic amines) is 1. The highest BCUT2D eigenvalue weighted by molar-refractivity contribution is 5.82. The van der Waals surface area contributed by atoms with Crippen molar-refractivity contribution in [2.75, 3.05) is 32.7 Å². The lowest BCUT2D eigenvalue weighted by molar-refractivity contribution is -0.118. The summed E-state index contributed by atoms with van der Waals surface area (Å²) in [6.07, 6.45) is 2.67. The maximum atomic E-state index is 10.7. The maximum absolute atomic E-state index is 10.7. The molecule has 4 heteroatoms. The molecule has 4 nitrogen and oxygen atoms in total. The second-order valence-electron chi connectivity index (χ2n) is 3.96. The molecule has 0 radical (unpaired) electrons. The zero-order valence-corrected chi connectivity index (χ0v) is 7.91. The summed E-state index contributed by atoms with van der Waals surface area (Å²) >= 11 is 0. The van der Waals surface area contributed by atoms with E-state index in [0.29, 0.717) is 0 Å². The first-order chi connectivity index (χ1) is 6.27. The molecule has 0 aliphatic carbocycles. The molecule has 2 saturated heterocycles. The third-order valence-corrected chi connectivity index (χ3v) is 2.95. The van der Waals surface area contributed by atoms with E-state index in [9.17, 15) is 4.79 Å². The fourth-order valence-electron chi connectivity index (χ4n) is 1.97. The predicted octanol–water partition coefficient (Wildman–Crippen LogP) is -0.748. The number of carbonyl (C=O) groups excluding carboxylic acids is 1. The highest BCUT2D eigenvalue weighted by atomic mass is 16.1. The molecule has 2 atom stereocenters. The van der Waals surface area contributed by atoms with Crippen LogP contribution in [0, 0.1) is 0 Å². The minimum atomic E-state index is -0.165. The summed E-state index contributed by atoms with van der Waals surface area (Å²) in [7, 11) is 0. The molecular weight excluding hydrogens is 166 g/mol. The lowest BCUT2D eigenvalue weighted by Gasteiger charge is -2.14. The SMILES string of the molecule is NC(=O)C1CN1CCN1CCCC1. The molecule has 0 aromatic heterocycles. The Morgan fingerprint density at radius 2 is 2.00 bits per heavy atom. The molecule has 2 heterocycles. The molecule has 2 aliphatic heterocycles. The number of primary amides is 1. The smallest absolute Gasteiger partial charge is 0.236 e. The van der Waals surface area contributed by atoms with Crippen molar-refractivity contribution < 1.29 is 4.79 Å². The molecule has 74 valence electrons. The molecule has 0 bridgehead atoms. The highest BCUT2D eigenvalue weighted by Gasteiger charge is 2.38. The fraction of sp³-hybridized carbons (Fsp3) is 0.889.